The van der Waals surface area contributed by atoms with Crippen molar-refractivity contribution in [2.75, 3.05) is 19.7 Å². The molecular formula is C23H33N3O6. The third-order valence-corrected chi connectivity index (χ3v) is 4.81. The van der Waals surface area contributed by atoms with Crippen molar-refractivity contribution in [1.82, 2.24) is 15.5 Å². The van der Waals surface area contributed by atoms with Gasteiger partial charge in [0.25, 0.3) is 0 Å². The normalized spacial score (nSPS) is 16.8. The Kier molecular flexibility index (Phi) is 9.04. The summed E-state index contributed by atoms with van der Waals surface area (Å²) in [6.45, 7) is 7.30. The Bertz CT molecular complexity index is 806. The van der Waals surface area contributed by atoms with E-state index in [0.29, 0.717) is 19.4 Å². The number of carbonyl (C=O) groups excluding carboxylic acids is 4. The lowest BCUT2D eigenvalue weighted by atomic mass is 10.0. The van der Waals surface area contributed by atoms with Gasteiger partial charge in [-0.25, -0.2) is 4.79 Å². The molecule has 1 aliphatic heterocycles. The van der Waals surface area contributed by atoms with E-state index < -0.39 is 41.6 Å². The molecule has 176 valence electrons. The maximum Gasteiger partial charge on any atom is 0.410 e. The van der Waals surface area contributed by atoms with Crippen molar-refractivity contribution in [1.29, 1.82) is 0 Å². The molecule has 1 heterocycles. The van der Waals surface area contributed by atoms with Crippen molar-refractivity contribution >= 4 is 23.9 Å². The Morgan fingerprint density at radius 3 is 2.47 bits per heavy atom. The minimum atomic E-state index is -0.916. The van der Waals surface area contributed by atoms with Gasteiger partial charge < -0.3 is 20.1 Å². The average molecular weight is 448 g/mol. The van der Waals surface area contributed by atoms with Crippen LogP contribution < -0.4 is 10.6 Å². The molecule has 1 aliphatic rings. The Hall–Kier alpha value is -3.10. The van der Waals surface area contributed by atoms with Gasteiger partial charge in [0.1, 0.15) is 24.2 Å². The van der Waals surface area contributed by atoms with Gasteiger partial charge in [-0.05, 0) is 46.1 Å². The van der Waals surface area contributed by atoms with Gasteiger partial charge >= 0.3 is 12.1 Å². The van der Waals surface area contributed by atoms with Gasteiger partial charge in [-0.15, -0.1) is 0 Å². The second-order valence-electron chi connectivity index (χ2n) is 8.61. The highest BCUT2D eigenvalue weighted by Gasteiger charge is 2.38. The van der Waals surface area contributed by atoms with Gasteiger partial charge in [0.2, 0.25) is 11.8 Å². The van der Waals surface area contributed by atoms with Crippen molar-refractivity contribution in [3.05, 3.63) is 35.9 Å². The van der Waals surface area contributed by atoms with Gasteiger partial charge in [0.05, 0.1) is 6.61 Å². The second kappa shape index (κ2) is 11.5. The smallest absolute Gasteiger partial charge is 0.410 e. The number of nitrogens with one attached hydrogen (secondary N) is 2. The van der Waals surface area contributed by atoms with Crippen molar-refractivity contribution in [3.63, 3.8) is 0 Å². The Morgan fingerprint density at radius 1 is 1.16 bits per heavy atom. The summed E-state index contributed by atoms with van der Waals surface area (Å²) in [5.41, 5.74) is 0.170. The summed E-state index contributed by atoms with van der Waals surface area (Å²) < 4.78 is 10.2. The number of rotatable bonds is 8. The molecule has 0 bridgehead atoms. The highest BCUT2D eigenvalue weighted by Crippen LogP contribution is 2.21. The van der Waals surface area contributed by atoms with Gasteiger partial charge in [0.15, 0.2) is 0 Å². The molecule has 1 aromatic rings. The quantitative estimate of drug-likeness (QED) is 0.588. The molecule has 2 atom stereocenters. The van der Waals surface area contributed by atoms with E-state index in [1.165, 1.54) is 4.90 Å². The zero-order valence-corrected chi connectivity index (χ0v) is 19.2. The van der Waals surface area contributed by atoms with Gasteiger partial charge in [-0.1, -0.05) is 30.3 Å². The molecule has 9 heteroatoms. The number of hydrogen-bond donors (Lipinski definition) is 2. The SMILES string of the molecule is CCOC(=O)CNC(=O)C(Cc1ccccc1)NC(=O)C1CCCN1C(=O)OC(C)(C)C. The molecule has 0 aliphatic carbocycles. The highest BCUT2D eigenvalue weighted by atomic mass is 16.6. The molecule has 3 amide bonds. The molecule has 2 N–H and O–H groups in total. The number of carbonyl (C=O) groups is 4. The summed E-state index contributed by atoms with van der Waals surface area (Å²) >= 11 is 0. The number of likely N-dealkylation sites (tertiary alicyclic amines) is 1. The van der Waals surface area contributed by atoms with E-state index in [1.54, 1.807) is 27.7 Å². The summed E-state index contributed by atoms with van der Waals surface area (Å²) in [7, 11) is 0. The first-order valence-electron chi connectivity index (χ1n) is 10.9. The van der Waals surface area contributed by atoms with Crippen LogP contribution in [0.25, 0.3) is 0 Å². The summed E-state index contributed by atoms with van der Waals surface area (Å²) in [6.07, 6.45) is 0.825. The van der Waals surface area contributed by atoms with Crippen LogP contribution in [0, 0.1) is 0 Å². The van der Waals surface area contributed by atoms with Crippen molar-refractivity contribution in [2.45, 2.75) is 64.6 Å². The number of amides is 3. The number of esters is 1. The van der Waals surface area contributed by atoms with E-state index >= 15 is 0 Å². The fourth-order valence-corrected chi connectivity index (χ4v) is 3.40. The fourth-order valence-electron chi connectivity index (χ4n) is 3.40. The van der Waals surface area contributed by atoms with Crippen LogP contribution in [0.1, 0.15) is 46.1 Å². The lowest BCUT2D eigenvalue weighted by molar-refractivity contribution is -0.143. The number of benzene rings is 1. The predicted octanol–water partition coefficient (Wildman–Crippen LogP) is 1.79. The Balaban J connectivity index is 2.09. The summed E-state index contributed by atoms with van der Waals surface area (Å²) in [5, 5.41) is 5.27. The zero-order chi connectivity index (χ0) is 23.7. The van der Waals surface area contributed by atoms with E-state index in [1.807, 2.05) is 30.3 Å². The Labute approximate surface area is 188 Å². The third kappa shape index (κ3) is 7.86. The largest absolute Gasteiger partial charge is 0.465 e. The van der Waals surface area contributed by atoms with Gasteiger partial charge in [-0.2, -0.15) is 0 Å². The van der Waals surface area contributed by atoms with Crippen LogP contribution in [0.5, 0.6) is 0 Å². The van der Waals surface area contributed by atoms with E-state index in [-0.39, 0.29) is 19.6 Å². The number of hydrogen-bond acceptors (Lipinski definition) is 6. The van der Waals surface area contributed by atoms with Crippen LogP contribution in [-0.4, -0.2) is 66.2 Å². The maximum atomic E-state index is 13.0. The standard InChI is InChI=1S/C23H33N3O6/c1-5-31-19(27)15-24-20(28)17(14-16-10-7-6-8-11-16)25-21(29)18-12-9-13-26(18)22(30)32-23(2,3)4/h6-8,10-11,17-18H,5,9,12-15H2,1-4H3,(H,24,28)(H,25,29). The summed E-state index contributed by atoms with van der Waals surface area (Å²) in [5.74, 6) is -1.49. The van der Waals surface area contributed by atoms with Crippen molar-refractivity contribution in [3.8, 4) is 0 Å². The number of nitrogens with zero attached hydrogens (tertiary/aromatic N) is 1. The third-order valence-electron chi connectivity index (χ3n) is 4.81. The molecule has 2 unspecified atom stereocenters. The first kappa shape index (κ1) is 25.2. The topological polar surface area (TPSA) is 114 Å². The summed E-state index contributed by atoms with van der Waals surface area (Å²) in [6, 6.07) is 7.59. The fraction of sp³-hybridized carbons (Fsp3) is 0.565. The van der Waals surface area contributed by atoms with Crippen LogP contribution in [0.3, 0.4) is 0 Å². The van der Waals surface area contributed by atoms with Crippen molar-refractivity contribution < 1.29 is 28.7 Å². The lowest BCUT2D eigenvalue weighted by Crippen LogP contribution is -2.54. The minimum absolute atomic E-state index is 0.209. The van der Waals surface area contributed by atoms with Crippen LogP contribution in [-0.2, 0) is 30.3 Å². The van der Waals surface area contributed by atoms with Crippen LogP contribution in [0.2, 0.25) is 0 Å². The van der Waals surface area contributed by atoms with Crippen LogP contribution in [0.15, 0.2) is 30.3 Å². The van der Waals surface area contributed by atoms with E-state index in [0.717, 1.165) is 5.56 Å². The minimum Gasteiger partial charge on any atom is -0.465 e. The summed E-state index contributed by atoms with van der Waals surface area (Å²) in [4.78, 5) is 51.3. The molecule has 0 radical (unpaired) electrons. The van der Waals surface area contributed by atoms with Crippen molar-refractivity contribution in [2.24, 2.45) is 0 Å². The highest BCUT2D eigenvalue weighted by molar-refractivity contribution is 5.92. The molecule has 2 rings (SSSR count). The lowest BCUT2D eigenvalue weighted by Gasteiger charge is -2.29. The molecule has 1 saturated heterocycles. The first-order chi connectivity index (χ1) is 15.1. The maximum absolute atomic E-state index is 13.0. The van der Waals surface area contributed by atoms with Gasteiger partial charge in [-0.3, -0.25) is 19.3 Å². The molecule has 1 aromatic carbocycles. The molecule has 32 heavy (non-hydrogen) atoms. The monoisotopic (exact) mass is 447 g/mol. The average Bonchev–Trinajstić information content (AvgIpc) is 3.21. The van der Waals surface area contributed by atoms with E-state index in [4.69, 9.17) is 9.47 Å². The molecule has 1 fully saturated rings. The number of ether oxygens (including phenoxy) is 2. The molecule has 0 spiro atoms. The zero-order valence-electron chi connectivity index (χ0n) is 19.2. The molecule has 0 saturated carbocycles. The predicted molar refractivity (Wildman–Crippen MR) is 118 cm³/mol. The van der Waals surface area contributed by atoms with E-state index in [2.05, 4.69) is 10.6 Å². The first-order valence-corrected chi connectivity index (χ1v) is 10.9. The van der Waals surface area contributed by atoms with E-state index in [9.17, 15) is 19.2 Å². The van der Waals surface area contributed by atoms with Crippen LogP contribution >= 0.6 is 0 Å². The Morgan fingerprint density at radius 2 is 1.84 bits per heavy atom. The van der Waals surface area contributed by atoms with Crippen LogP contribution in [0.4, 0.5) is 4.79 Å². The molecule has 0 aromatic heterocycles. The molecule has 9 nitrogen and oxygen atoms in total. The van der Waals surface area contributed by atoms with Gasteiger partial charge in [0, 0.05) is 13.0 Å². The second-order valence-corrected chi connectivity index (χ2v) is 8.61. The molecular weight excluding hydrogens is 414 g/mol.